The van der Waals surface area contributed by atoms with E-state index in [0.717, 1.165) is 19.3 Å². The molecule has 0 aromatic heterocycles. The van der Waals surface area contributed by atoms with Gasteiger partial charge < -0.3 is 0 Å². The summed E-state index contributed by atoms with van der Waals surface area (Å²) in [5.41, 5.74) is 1.31. The Balaban J connectivity index is 2.50. The Kier molecular flexibility index (Phi) is 8.02. The van der Waals surface area contributed by atoms with Gasteiger partial charge in [0.2, 0.25) is 20.0 Å². The van der Waals surface area contributed by atoms with Crippen LogP contribution in [0.25, 0.3) is 0 Å². The summed E-state index contributed by atoms with van der Waals surface area (Å²) in [6.07, 6.45) is 9.14. The Morgan fingerprint density at radius 3 is 2.45 bits per heavy atom. The first-order valence-corrected chi connectivity index (χ1v) is 11.3. The van der Waals surface area contributed by atoms with E-state index in [4.69, 9.17) is 0 Å². The molecule has 0 atom stereocenters. The van der Waals surface area contributed by atoms with Gasteiger partial charge in [-0.2, -0.15) is 0 Å². The molecule has 1 rings (SSSR count). The molecule has 0 heterocycles. The molecule has 0 saturated carbocycles. The Bertz CT molecular complexity index is 568. The molecule has 8 heteroatoms. The molecular weight excluding hydrogens is 324 g/mol. The maximum atomic E-state index is 11.8. The highest BCUT2D eigenvalue weighted by Gasteiger charge is 2.18. The lowest BCUT2D eigenvalue weighted by Crippen LogP contribution is -2.39. The van der Waals surface area contributed by atoms with Crippen molar-refractivity contribution in [1.82, 2.24) is 9.03 Å². The van der Waals surface area contributed by atoms with Crippen LogP contribution in [0.4, 0.5) is 0 Å². The van der Waals surface area contributed by atoms with Gasteiger partial charge in [0.15, 0.2) is 0 Å². The van der Waals surface area contributed by atoms with Crippen LogP contribution in [0.2, 0.25) is 0 Å². The van der Waals surface area contributed by atoms with E-state index >= 15 is 0 Å². The van der Waals surface area contributed by atoms with Crippen molar-refractivity contribution in [2.45, 2.75) is 45.4 Å². The van der Waals surface area contributed by atoms with Crippen LogP contribution in [0, 0.1) is 0 Å². The Morgan fingerprint density at radius 1 is 1.18 bits per heavy atom. The van der Waals surface area contributed by atoms with Gasteiger partial charge in [0.25, 0.3) is 0 Å². The second kappa shape index (κ2) is 9.00. The van der Waals surface area contributed by atoms with E-state index in [-0.39, 0.29) is 18.8 Å². The fourth-order valence-electron chi connectivity index (χ4n) is 2.51. The zero-order valence-corrected chi connectivity index (χ0v) is 15.2. The van der Waals surface area contributed by atoms with E-state index in [1.165, 1.54) is 29.0 Å². The molecule has 1 aliphatic carbocycles. The lowest BCUT2D eigenvalue weighted by molar-refractivity contribution is 0.416. The number of allylic oxidation sites excluding steroid dienone is 1. The first kappa shape index (κ1) is 19.6. The summed E-state index contributed by atoms with van der Waals surface area (Å²) < 4.78 is 50.6. The van der Waals surface area contributed by atoms with Crippen molar-refractivity contribution in [3.05, 3.63) is 11.6 Å². The predicted octanol–water partition coefficient (Wildman–Crippen LogP) is 1.47. The molecule has 130 valence electrons. The van der Waals surface area contributed by atoms with Gasteiger partial charge in [-0.1, -0.05) is 18.6 Å². The average molecular weight is 353 g/mol. The van der Waals surface area contributed by atoms with Crippen LogP contribution in [0.1, 0.15) is 45.4 Å². The van der Waals surface area contributed by atoms with Crippen LogP contribution in [-0.4, -0.2) is 52.8 Å². The Hall–Kier alpha value is -0.440. The molecule has 0 fully saturated rings. The number of nitrogens with one attached hydrogen (secondary N) is 1. The van der Waals surface area contributed by atoms with Crippen molar-refractivity contribution in [3.63, 3.8) is 0 Å². The minimum atomic E-state index is -3.32. The largest absolute Gasteiger partial charge is 0.214 e. The molecular formula is C14H28N2O4S2. The van der Waals surface area contributed by atoms with E-state index < -0.39 is 20.0 Å². The number of rotatable bonds is 10. The van der Waals surface area contributed by atoms with Gasteiger partial charge in [0.05, 0.1) is 12.0 Å². The molecule has 1 aliphatic rings. The first-order chi connectivity index (χ1) is 10.2. The first-order valence-electron chi connectivity index (χ1n) is 7.85. The van der Waals surface area contributed by atoms with Crippen LogP contribution in [0.3, 0.4) is 0 Å². The highest BCUT2D eigenvalue weighted by Crippen LogP contribution is 2.20. The smallest absolute Gasteiger partial charge is 0.211 e. The van der Waals surface area contributed by atoms with Gasteiger partial charge in [-0.25, -0.2) is 25.9 Å². The zero-order chi connectivity index (χ0) is 16.6. The molecule has 1 N–H and O–H groups in total. The number of nitrogens with zero attached hydrogens (tertiary/aromatic N) is 1. The molecule has 0 spiro atoms. The van der Waals surface area contributed by atoms with Gasteiger partial charge >= 0.3 is 0 Å². The van der Waals surface area contributed by atoms with Gasteiger partial charge in [-0.3, -0.25) is 0 Å². The summed E-state index contributed by atoms with van der Waals surface area (Å²) in [5, 5.41) is 0. The van der Waals surface area contributed by atoms with E-state index in [1.807, 2.05) is 0 Å². The molecule has 0 saturated heterocycles. The Labute approximate surface area is 135 Å². The second-order valence-corrected chi connectivity index (χ2v) is 9.64. The third-order valence-electron chi connectivity index (χ3n) is 3.69. The molecule has 6 nitrogen and oxygen atoms in total. The van der Waals surface area contributed by atoms with Crippen LogP contribution in [-0.2, 0) is 20.0 Å². The lowest BCUT2D eigenvalue weighted by atomic mass is 9.97. The van der Waals surface area contributed by atoms with Crippen LogP contribution >= 0.6 is 0 Å². The summed E-state index contributed by atoms with van der Waals surface area (Å²) >= 11 is 0. The third kappa shape index (κ3) is 7.71. The van der Waals surface area contributed by atoms with E-state index in [0.29, 0.717) is 13.0 Å². The molecule has 0 aromatic rings. The summed E-state index contributed by atoms with van der Waals surface area (Å²) in [4.78, 5) is 0. The van der Waals surface area contributed by atoms with Crippen LogP contribution in [0.15, 0.2) is 11.6 Å². The van der Waals surface area contributed by atoms with Gasteiger partial charge in [-0.05, 0) is 38.5 Å². The molecule has 0 aromatic carbocycles. The van der Waals surface area contributed by atoms with Crippen molar-refractivity contribution < 1.29 is 16.8 Å². The third-order valence-corrected chi connectivity index (χ3v) is 6.59. The summed E-state index contributed by atoms with van der Waals surface area (Å²) in [5.74, 6) is 0.0682. The summed E-state index contributed by atoms with van der Waals surface area (Å²) in [6.45, 7) is 2.50. The fraction of sp³-hybridized carbons (Fsp3) is 0.857. The van der Waals surface area contributed by atoms with E-state index in [2.05, 4.69) is 10.8 Å². The van der Waals surface area contributed by atoms with E-state index in [9.17, 15) is 16.8 Å². The minimum absolute atomic E-state index is 0.0682. The molecule has 0 unspecified atom stereocenters. The monoisotopic (exact) mass is 352 g/mol. The van der Waals surface area contributed by atoms with Crippen molar-refractivity contribution >= 4 is 20.0 Å². The summed E-state index contributed by atoms with van der Waals surface area (Å²) in [7, 11) is -6.62. The molecule has 0 radical (unpaired) electrons. The normalized spacial score (nSPS) is 16.8. The van der Waals surface area contributed by atoms with Gasteiger partial charge in [-0.15, -0.1) is 0 Å². The fourth-order valence-corrected chi connectivity index (χ4v) is 4.44. The highest BCUT2D eigenvalue weighted by molar-refractivity contribution is 7.89. The Morgan fingerprint density at radius 2 is 1.91 bits per heavy atom. The molecule has 0 aliphatic heterocycles. The number of sulfonamides is 2. The van der Waals surface area contributed by atoms with Crippen molar-refractivity contribution in [3.8, 4) is 0 Å². The van der Waals surface area contributed by atoms with Crippen molar-refractivity contribution in [2.24, 2.45) is 0 Å². The topological polar surface area (TPSA) is 83.6 Å². The SMILES string of the molecule is CCCS(=O)(=O)NCCN(CCC1=CCCCC1)S(C)(=O)=O. The molecule has 22 heavy (non-hydrogen) atoms. The van der Waals surface area contributed by atoms with E-state index in [1.54, 1.807) is 6.92 Å². The quantitative estimate of drug-likeness (QED) is 0.604. The minimum Gasteiger partial charge on any atom is -0.214 e. The van der Waals surface area contributed by atoms with Gasteiger partial charge in [0, 0.05) is 19.6 Å². The maximum absolute atomic E-state index is 11.8. The second-order valence-electron chi connectivity index (χ2n) is 5.73. The van der Waals surface area contributed by atoms with Crippen LogP contribution in [0.5, 0.6) is 0 Å². The summed E-state index contributed by atoms with van der Waals surface area (Å²) in [6, 6.07) is 0. The lowest BCUT2D eigenvalue weighted by Gasteiger charge is -2.22. The average Bonchev–Trinajstić information content (AvgIpc) is 2.42. The molecule has 0 amide bonds. The maximum Gasteiger partial charge on any atom is 0.211 e. The number of hydrogen-bond acceptors (Lipinski definition) is 4. The highest BCUT2D eigenvalue weighted by atomic mass is 32.2. The zero-order valence-electron chi connectivity index (χ0n) is 13.5. The predicted molar refractivity (Wildman–Crippen MR) is 89.7 cm³/mol. The number of hydrogen-bond donors (Lipinski definition) is 1. The standard InChI is InChI=1S/C14H28N2O4S2/c1-3-13-22(19,20)15-10-12-16(21(2,17)18)11-9-14-7-5-4-6-8-14/h7,15H,3-6,8-13H2,1-2H3. The van der Waals surface area contributed by atoms with Crippen molar-refractivity contribution in [2.75, 3.05) is 31.6 Å². The van der Waals surface area contributed by atoms with Crippen LogP contribution < -0.4 is 4.72 Å². The molecule has 0 bridgehead atoms. The van der Waals surface area contributed by atoms with Crippen molar-refractivity contribution in [1.29, 1.82) is 0 Å². The van der Waals surface area contributed by atoms with Gasteiger partial charge in [0.1, 0.15) is 0 Å².